The molecule has 1 aromatic heterocycles. The Labute approximate surface area is 129 Å². The predicted molar refractivity (Wildman–Crippen MR) is 87.2 cm³/mol. The lowest BCUT2D eigenvalue weighted by atomic mass is 10.0. The van der Waals surface area contributed by atoms with Gasteiger partial charge in [-0.2, -0.15) is 0 Å². The van der Waals surface area contributed by atoms with Gasteiger partial charge >= 0.3 is 0 Å². The number of nitrogens with one attached hydrogen (secondary N) is 1. The van der Waals surface area contributed by atoms with Gasteiger partial charge in [0.2, 0.25) is 0 Å². The Bertz CT molecular complexity index is 567. The molecule has 1 aromatic carbocycles. The quantitative estimate of drug-likeness (QED) is 0.849. The lowest BCUT2D eigenvalue weighted by Gasteiger charge is -2.19. The molecule has 0 fully saturated rings. The fraction of sp³-hybridized carbons (Fsp3) is 0.375. The van der Waals surface area contributed by atoms with Crippen molar-refractivity contribution in [2.24, 2.45) is 0 Å². The number of ether oxygens (including phenoxy) is 1. The molecular weight excluding hydrogens is 290 g/mol. The fourth-order valence-corrected chi connectivity index (χ4v) is 3.43. The maximum absolute atomic E-state index is 6.03. The molecule has 0 bridgehead atoms. The van der Waals surface area contributed by atoms with Crippen LogP contribution in [0.1, 0.15) is 28.3 Å². The second-order valence-electron chi connectivity index (χ2n) is 4.65. The zero-order valence-electron chi connectivity index (χ0n) is 12.1. The van der Waals surface area contributed by atoms with Crippen LogP contribution in [0.3, 0.4) is 0 Å². The van der Waals surface area contributed by atoms with Crippen molar-refractivity contribution in [3.05, 3.63) is 50.7 Å². The van der Waals surface area contributed by atoms with Crippen molar-refractivity contribution in [2.45, 2.75) is 25.8 Å². The summed E-state index contributed by atoms with van der Waals surface area (Å²) in [5, 5.41) is 4.07. The van der Waals surface area contributed by atoms with Gasteiger partial charge in [0.25, 0.3) is 0 Å². The summed E-state index contributed by atoms with van der Waals surface area (Å²) < 4.78 is 5.45. The number of methoxy groups -OCH3 is 1. The van der Waals surface area contributed by atoms with E-state index in [1.165, 1.54) is 9.75 Å². The SMILES string of the molecule is CCc1ccc(CC(NC)c2ccc(Cl)cc2OC)s1. The van der Waals surface area contributed by atoms with E-state index < -0.39 is 0 Å². The molecule has 0 saturated carbocycles. The van der Waals surface area contributed by atoms with Crippen LogP contribution in [0.15, 0.2) is 30.3 Å². The van der Waals surface area contributed by atoms with Crippen LogP contribution in [0.4, 0.5) is 0 Å². The predicted octanol–water partition coefficient (Wildman–Crippen LogP) is 4.48. The second-order valence-corrected chi connectivity index (χ2v) is 6.34. The van der Waals surface area contributed by atoms with Crippen LogP contribution >= 0.6 is 22.9 Å². The van der Waals surface area contributed by atoms with E-state index in [0.717, 1.165) is 24.2 Å². The highest BCUT2D eigenvalue weighted by atomic mass is 35.5. The molecule has 20 heavy (non-hydrogen) atoms. The Kier molecular flexibility index (Phi) is 5.46. The van der Waals surface area contributed by atoms with E-state index in [0.29, 0.717) is 5.02 Å². The molecule has 0 aliphatic rings. The van der Waals surface area contributed by atoms with Crippen molar-refractivity contribution in [1.29, 1.82) is 0 Å². The highest BCUT2D eigenvalue weighted by Crippen LogP contribution is 2.31. The van der Waals surface area contributed by atoms with Crippen molar-refractivity contribution in [1.82, 2.24) is 5.32 Å². The molecule has 0 spiro atoms. The van der Waals surface area contributed by atoms with Gasteiger partial charge in [0.15, 0.2) is 0 Å². The summed E-state index contributed by atoms with van der Waals surface area (Å²) in [6, 6.07) is 10.5. The fourth-order valence-electron chi connectivity index (χ4n) is 2.26. The van der Waals surface area contributed by atoms with Gasteiger partial charge in [-0.15, -0.1) is 11.3 Å². The standard InChI is InChI=1S/C16H20ClNOS/c1-4-12-6-7-13(20-12)10-15(18-2)14-8-5-11(17)9-16(14)19-3/h5-9,15,18H,4,10H2,1-3H3. The van der Waals surface area contributed by atoms with E-state index in [9.17, 15) is 0 Å². The highest BCUT2D eigenvalue weighted by Gasteiger charge is 2.16. The molecule has 2 rings (SSSR count). The Morgan fingerprint density at radius 3 is 2.60 bits per heavy atom. The Morgan fingerprint density at radius 2 is 2.00 bits per heavy atom. The summed E-state index contributed by atoms with van der Waals surface area (Å²) in [5.41, 5.74) is 1.14. The summed E-state index contributed by atoms with van der Waals surface area (Å²) in [7, 11) is 3.66. The first-order chi connectivity index (χ1) is 9.67. The zero-order chi connectivity index (χ0) is 14.5. The minimum atomic E-state index is 0.227. The van der Waals surface area contributed by atoms with Gasteiger partial charge in [-0.1, -0.05) is 24.6 Å². The first-order valence-electron chi connectivity index (χ1n) is 6.76. The first-order valence-corrected chi connectivity index (χ1v) is 7.95. The third kappa shape index (κ3) is 3.54. The van der Waals surface area contributed by atoms with Gasteiger partial charge in [-0.3, -0.25) is 0 Å². The minimum Gasteiger partial charge on any atom is -0.496 e. The molecule has 0 saturated heterocycles. The topological polar surface area (TPSA) is 21.3 Å². The Balaban J connectivity index is 2.23. The number of hydrogen-bond donors (Lipinski definition) is 1. The van der Waals surface area contributed by atoms with E-state index in [4.69, 9.17) is 16.3 Å². The van der Waals surface area contributed by atoms with Crippen LogP contribution in [0.5, 0.6) is 5.75 Å². The molecule has 2 nitrogen and oxygen atoms in total. The van der Waals surface area contributed by atoms with Crippen LogP contribution in [0.25, 0.3) is 0 Å². The Hall–Kier alpha value is -1.03. The van der Waals surface area contributed by atoms with Crippen LogP contribution in [-0.2, 0) is 12.8 Å². The number of rotatable bonds is 6. The lowest BCUT2D eigenvalue weighted by molar-refractivity contribution is 0.401. The van der Waals surface area contributed by atoms with Crippen molar-refractivity contribution < 1.29 is 4.74 Å². The van der Waals surface area contributed by atoms with Crippen LogP contribution in [-0.4, -0.2) is 14.2 Å². The maximum Gasteiger partial charge on any atom is 0.125 e. The van der Waals surface area contributed by atoms with E-state index in [1.807, 2.05) is 36.6 Å². The molecule has 0 amide bonds. The molecule has 1 unspecified atom stereocenters. The summed E-state index contributed by atoms with van der Waals surface area (Å²) in [6.45, 7) is 2.19. The number of benzene rings is 1. The van der Waals surface area contributed by atoms with Gasteiger partial charge in [0.1, 0.15) is 5.75 Å². The smallest absolute Gasteiger partial charge is 0.125 e. The number of halogens is 1. The van der Waals surface area contributed by atoms with E-state index in [1.54, 1.807) is 7.11 Å². The van der Waals surface area contributed by atoms with E-state index in [-0.39, 0.29) is 6.04 Å². The minimum absolute atomic E-state index is 0.227. The molecule has 1 heterocycles. The number of thiophene rings is 1. The number of likely N-dealkylation sites (N-methyl/N-ethyl adjacent to an activating group) is 1. The highest BCUT2D eigenvalue weighted by molar-refractivity contribution is 7.11. The van der Waals surface area contributed by atoms with Crippen molar-refractivity contribution >= 4 is 22.9 Å². The molecule has 0 radical (unpaired) electrons. The molecule has 2 aromatic rings. The number of hydrogen-bond acceptors (Lipinski definition) is 3. The summed E-state index contributed by atoms with van der Waals surface area (Å²) >= 11 is 7.91. The first kappa shape index (κ1) is 15.4. The Morgan fingerprint density at radius 1 is 1.25 bits per heavy atom. The lowest BCUT2D eigenvalue weighted by Crippen LogP contribution is -2.19. The average molecular weight is 310 g/mol. The summed E-state index contributed by atoms with van der Waals surface area (Å²) in [4.78, 5) is 2.82. The van der Waals surface area contributed by atoms with E-state index >= 15 is 0 Å². The van der Waals surface area contributed by atoms with Crippen LogP contribution in [0.2, 0.25) is 5.02 Å². The van der Waals surface area contributed by atoms with Crippen molar-refractivity contribution in [3.8, 4) is 5.75 Å². The van der Waals surface area contributed by atoms with Gasteiger partial charge in [0.05, 0.1) is 7.11 Å². The third-order valence-corrected chi connectivity index (χ3v) is 4.88. The van der Waals surface area contributed by atoms with Gasteiger partial charge in [-0.25, -0.2) is 0 Å². The molecule has 1 atom stereocenters. The number of aryl methyl sites for hydroxylation is 1. The van der Waals surface area contributed by atoms with Crippen LogP contribution < -0.4 is 10.1 Å². The normalized spacial score (nSPS) is 12.4. The van der Waals surface area contributed by atoms with Crippen LogP contribution in [0, 0.1) is 0 Å². The third-order valence-electron chi connectivity index (χ3n) is 3.39. The second kappa shape index (κ2) is 7.11. The molecule has 0 aliphatic heterocycles. The van der Waals surface area contributed by atoms with Crippen molar-refractivity contribution in [2.75, 3.05) is 14.2 Å². The largest absolute Gasteiger partial charge is 0.496 e. The summed E-state index contributed by atoms with van der Waals surface area (Å²) in [5.74, 6) is 0.837. The van der Waals surface area contributed by atoms with Gasteiger partial charge < -0.3 is 10.1 Å². The molecule has 108 valence electrons. The van der Waals surface area contributed by atoms with Crippen molar-refractivity contribution in [3.63, 3.8) is 0 Å². The molecule has 1 N–H and O–H groups in total. The van der Waals surface area contributed by atoms with E-state index in [2.05, 4.69) is 24.4 Å². The maximum atomic E-state index is 6.03. The monoisotopic (exact) mass is 309 g/mol. The van der Waals surface area contributed by atoms with Gasteiger partial charge in [0, 0.05) is 32.8 Å². The average Bonchev–Trinajstić information content (AvgIpc) is 2.92. The summed E-state index contributed by atoms with van der Waals surface area (Å²) in [6.07, 6.45) is 2.05. The molecular formula is C16H20ClNOS. The molecule has 4 heteroatoms. The molecule has 0 aliphatic carbocycles. The zero-order valence-corrected chi connectivity index (χ0v) is 13.6. The van der Waals surface area contributed by atoms with Gasteiger partial charge in [-0.05, 0) is 37.7 Å².